The molecule has 156 valence electrons. The first-order valence-electron chi connectivity index (χ1n) is 9.94. The molecule has 1 atom stereocenters. The molecule has 4 rings (SSSR count). The van der Waals surface area contributed by atoms with Crippen LogP contribution in [0, 0.1) is 0 Å². The molecule has 0 saturated carbocycles. The van der Waals surface area contributed by atoms with Gasteiger partial charge < -0.3 is 10.2 Å². The number of sulfonamides is 1. The van der Waals surface area contributed by atoms with E-state index in [2.05, 4.69) is 20.4 Å². The second-order valence-corrected chi connectivity index (χ2v) is 10.5. The first-order valence-corrected chi connectivity index (χ1v) is 12.3. The summed E-state index contributed by atoms with van der Waals surface area (Å²) in [6, 6.07) is 6.54. The Labute approximate surface area is 175 Å². The summed E-state index contributed by atoms with van der Waals surface area (Å²) in [5.74, 6) is 0.667. The zero-order valence-electron chi connectivity index (χ0n) is 16.1. The second-order valence-electron chi connectivity index (χ2n) is 7.41. The van der Waals surface area contributed by atoms with Gasteiger partial charge in [-0.15, -0.1) is 16.4 Å². The van der Waals surface area contributed by atoms with Crippen LogP contribution in [-0.2, 0) is 14.8 Å². The Hall–Kier alpha value is -2.04. The predicted octanol–water partition coefficient (Wildman–Crippen LogP) is 1.87. The Bertz CT molecular complexity index is 913. The van der Waals surface area contributed by atoms with Crippen LogP contribution >= 0.6 is 11.3 Å². The Morgan fingerprint density at radius 2 is 1.93 bits per heavy atom. The number of piperidine rings is 2. The molecule has 1 N–H and O–H groups in total. The number of carbonyl (C=O) groups excluding carboxylic acids is 1. The summed E-state index contributed by atoms with van der Waals surface area (Å²) in [6.07, 6.45) is 5.45. The lowest BCUT2D eigenvalue weighted by Crippen LogP contribution is -2.55. The molecule has 10 heteroatoms. The Morgan fingerprint density at radius 1 is 1.10 bits per heavy atom. The van der Waals surface area contributed by atoms with Crippen LogP contribution in [0.1, 0.15) is 32.1 Å². The fourth-order valence-corrected chi connectivity index (χ4v) is 6.77. The van der Waals surface area contributed by atoms with Crippen molar-refractivity contribution in [3.05, 3.63) is 35.8 Å². The molecule has 0 aromatic carbocycles. The van der Waals surface area contributed by atoms with Gasteiger partial charge in [-0.1, -0.05) is 12.5 Å². The SMILES string of the molecule is O=C(NC1CCN(c2cccnn2)CC1)C1CCCCN1S(=O)(=O)c1cccs1. The maximum atomic E-state index is 13.0. The van der Waals surface area contributed by atoms with Gasteiger partial charge in [-0.3, -0.25) is 4.79 Å². The molecule has 0 spiro atoms. The van der Waals surface area contributed by atoms with Crippen LogP contribution in [0.3, 0.4) is 0 Å². The van der Waals surface area contributed by atoms with Crippen LogP contribution in [0.4, 0.5) is 5.82 Å². The van der Waals surface area contributed by atoms with Crippen LogP contribution in [-0.4, -0.2) is 60.5 Å². The quantitative estimate of drug-likeness (QED) is 0.770. The molecular weight excluding hydrogens is 410 g/mol. The average molecular weight is 436 g/mol. The number of rotatable bonds is 5. The molecular formula is C19H25N5O3S2. The largest absolute Gasteiger partial charge is 0.355 e. The van der Waals surface area contributed by atoms with E-state index >= 15 is 0 Å². The smallest absolute Gasteiger partial charge is 0.253 e. The average Bonchev–Trinajstić information content (AvgIpc) is 3.31. The van der Waals surface area contributed by atoms with Crippen molar-refractivity contribution in [3.8, 4) is 0 Å². The van der Waals surface area contributed by atoms with Gasteiger partial charge in [-0.2, -0.15) is 9.40 Å². The van der Waals surface area contributed by atoms with E-state index in [9.17, 15) is 13.2 Å². The highest BCUT2D eigenvalue weighted by atomic mass is 32.2. The highest BCUT2D eigenvalue weighted by Gasteiger charge is 2.38. The number of hydrogen-bond donors (Lipinski definition) is 1. The van der Waals surface area contributed by atoms with Crippen LogP contribution in [0.15, 0.2) is 40.1 Å². The molecule has 0 aliphatic carbocycles. The third-order valence-corrected chi connectivity index (χ3v) is 8.82. The molecule has 4 heterocycles. The van der Waals surface area contributed by atoms with Gasteiger partial charge in [0.05, 0.1) is 0 Å². The zero-order valence-corrected chi connectivity index (χ0v) is 17.7. The van der Waals surface area contributed by atoms with E-state index in [-0.39, 0.29) is 11.9 Å². The lowest BCUT2D eigenvalue weighted by Gasteiger charge is -2.36. The molecule has 2 fully saturated rings. The fraction of sp³-hybridized carbons (Fsp3) is 0.526. The van der Waals surface area contributed by atoms with E-state index in [1.54, 1.807) is 23.7 Å². The van der Waals surface area contributed by atoms with Crippen molar-refractivity contribution >= 4 is 33.1 Å². The maximum Gasteiger partial charge on any atom is 0.253 e. The van der Waals surface area contributed by atoms with E-state index in [4.69, 9.17) is 0 Å². The minimum atomic E-state index is -3.63. The highest BCUT2D eigenvalue weighted by Crippen LogP contribution is 2.28. The van der Waals surface area contributed by atoms with Gasteiger partial charge >= 0.3 is 0 Å². The number of amides is 1. The minimum Gasteiger partial charge on any atom is -0.355 e. The van der Waals surface area contributed by atoms with Crippen molar-refractivity contribution in [2.75, 3.05) is 24.5 Å². The molecule has 1 amide bonds. The predicted molar refractivity (Wildman–Crippen MR) is 111 cm³/mol. The number of aromatic nitrogens is 2. The summed E-state index contributed by atoms with van der Waals surface area (Å²) in [5.41, 5.74) is 0. The highest BCUT2D eigenvalue weighted by molar-refractivity contribution is 7.91. The number of nitrogens with zero attached hydrogens (tertiary/aromatic N) is 4. The lowest BCUT2D eigenvalue weighted by atomic mass is 10.0. The first-order chi connectivity index (χ1) is 14.1. The molecule has 2 aliphatic heterocycles. The third kappa shape index (κ3) is 4.44. The van der Waals surface area contributed by atoms with Crippen molar-refractivity contribution in [1.82, 2.24) is 19.8 Å². The van der Waals surface area contributed by atoms with Gasteiger partial charge in [0, 0.05) is 31.9 Å². The van der Waals surface area contributed by atoms with Crippen molar-refractivity contribution < 1.29 is 13.2 Å². The molecule has 1 unspecified atom stereocenters. The van der Waals surface area contributed by atoms with Crippen LogP contribution < -0.4 is 10.2 Å². The van der Waals surface area contributed by atoms with Crippen molar-refractivity contribution in [2.24, 2.45) is 0 Å². The number of thiophene rings is 1. The van der Waals surface area contributed by atoms with Gasteiger partial charge in [-0.25, -0.2) is 8.42 Å². The Morgan fingerprint density at radius 3 is 2.62 bits per heavy atom. The maximum absolute atomic E-state index is 13.0. The molecule has 2 aliphatic rings. The lowest BCUT2D eigenvalue weighted by molar-refractivity contribution is -0.126. The standard InChI is InChI=1S/C19H25N5O3S2/c25-19(21-15-8-12-23(13-9-15)17-6-3-10-20-22-17)16-5-1-2-11-24(16)29(26,27)18-7-4-14-28-18/h3-4,6-7,10,14-16H,1-2,5,8-9,11-13H2,(H,21,25). The number of hydrogen-bond acceptors (Lipinski definition) is 7. The van der Waals surface area contributed by atoms with Crippen molar-refractivity contribution in [1.29, 1.82) is 0 Å². The normalized spacial score (nSPS) is 21.8. The summed E-state index contributed by atoms with van der Waals surface area (Å²) >= 11 is 1.19. The van der Waals surface area contributed by atoms with E-state index in [1.165, 1.54) is 15.6 Å². The van der Waals surface area contributed by atoms with Gasteiger partial charge in [0.1, 0.15) is 10.3 Å². The Kier molecular flexibility index (Phi) is 6.12. The zero-order chi connectivity index (χ0) is 20.3. The van der Waals surface area contributed by atoms with Crippen LogP contribution in [0.2, 0.25) is 0 Å². The third-order valence-electron chi connectivity index (χ3n) is 5.54. The van der Waals surface area contributed by atoms with Crippen LogP contribution in [0.5, 0.6) is 0 Å². The fourth-order valence-electron chi connectivity index (χ4n) is 3.99. The molecule has 2 aromatic heterocycles. The topological polar surface area (TPSA) is 95.5 Å². The van der Waals surface area contributed by atoms with E-state index in [1.807, 2.05) is 12.1 Å². The molecule has 2 aromatic rings. The summed E-state index contributed by atoms with van der Waals surface area (Å²) in [7, 11) is -3.63. The number of anilines is 1. The molecule has 0 radical (unpaired) electrons. The minimum absolute atomic E-state index is 0.0450. The van der Waals surface area contributed by atoms with Gasteiger partial charge in [0.2, 0.25) is 5.91 Å². The van der Waals surface area contributed by atoms with E-state index < -0.39 is 16.1 Å². The Balaban J connectivity index is 1.38. The number of carbonyl (C=O) groups is 1. The summed E-state index contributed by atoms with van der Waals surface area (Å²) in [4.78, 5) is 15.2. The monoisotopic (exact) mass is 435 g/mol. The summed E-state index contributed by atoms with van der Waals surface area (Å²) in [6.45, 7) is 1.96. The summed E-state index contributed by atoms with van der Waals surface area (Å²) in [5, 5.41) is 12.9. The van der Waals surface area contributed by atoms with Gasteiger partial charge in [0.25, 0.3) is 10.0 Å². The van der Waals surface area contributed by atoms with Gasteiger partial charge in [0.15, 0.2) is 5.82 Å². The van der Waals surface area contributed by atoms with E-state index in [0.717, 1.165) is 44.6 Å². The van der Waals surface area contributed by atoms with Gasteiger partial charge in [-0.05, 0) is 49.3 Å². The van der Waals surface area contributed by atoms with E-state index in [0.29, 0.717) is 17.2 Å². The number of nitrogens with one attached hydrogen (secondary N) is 1. The summed E-state index contributed by atoms with van der Waals surface area (Å²) < 4.78 is 27.7. The first kappa shape index (κ1) is 20.2. The molecule has 8 nitrogen and oxygen atoms in total. The molecule has 0 bridgehead atoms. The second kappa shape index (κ2) is 8.76. The molecule has 29 heavy (non-hydrogen) atoms. The van der Waals surface area contributed by atoms with Crippen molar-refractivity contribution in [3.63, 3.8) is 0 Å². The van der Waals surface area contributed by atoms with Crippen molar-refractivity contribution in [2.45, 2.75) is 48.4 Å². The van der Waals surface area contributed by atoms with Crippen LogP contribution in [0.25, 0.3) is 0 Å². The molecule has 2 saturated heterocycles.